The lowest BCUT2D eigenvalue weighted by Gasteiger charge is -2.30. The van der Waals surface area contributed by atoms with Crippen molar-refractivity contribution in [3.8, 4) is 0 Å². The molecular weight excluding hydrogens is 342 g/mol. The third-order valence-corrected chi connectivity index (χ3v) is 6.73. The Morgan fingerprint density at radius 1 is 1.24 bits per heavy atom. The van der Waals surface area contributed by atoms with Crippen LogP contribution >= 0.6 is 0 Å². The number of fused-ring (bicyclic) bond motifs is 1. The van der Waals surface area contributed by atoms with Gasteiger partial charge in [0.15, 0.2) is 0 Å². The van der Waals surface area contributed by atoms with Gasteiger partial charge in [-0.25, -0.2) is 12.7 Å². The SMILES string of the molecule is CN1C(=O)CC(C(=O)NCCS(=O)(=O)N2CCCC2)c2ccccc21. The predicted octanol–water partition coefficient (Wildman–Crippen LogP) is 0.679. The largest absolute Gasteiger partial charge is 0.354 e. The van der Waals surface area contributed by atoms with Crippen molar-refractivity contribution in [1.29, 1.82) is 0 Å². The molecule has 1 aromatic carbocycles. The number of nitrogens with one attached hydrogen (secondary N) is 1. The molecule has 0 radical (unpaired) electrons. The van der Waals surface area contributed by atoms with Crippen molar-refractivity contribution in [3.63, 3.8) is 0 Å². The van der Waals surface area contributed by atoms with Gasteiger partial charge in [0, 0.05) is 38.8 Å². The van der Waals surface area contributed by atoms with Crippen LogP contribution in [0.4, 0.5) is 5.69 Å². The van der Waals surface area contributed by atoms with Crippen LogP contribution in [-0.2, 0) is 19.6 Å². The zero-order chi connectivity index (χ0) is 18.0. The topological polar surface area (TPSA) is 86.8 Å². The molecule has 2 amide bonds. The number of anilines is 1. The molecule has 2 aliphatic rings. The molecule has 2 aliphatic heterocycles. The van der Waals surface area contributed by atoms with Crippen molar-refractivity contribution in [2.75, 3.05) is 37.3 Å². The second kappa shape index (κ2) is 7.13. The van der Waals surface area contributed by atoms with E-state index < -0.39 is 15.9 Å². The fourth-order valence-electron chi connectivity index (χ4n) is 3.40. The summed E-state index contributed by atoms with van der Waals surface area (Å²) in [6.07, 6.45) is 1.87. The third kappa shape index (κ3) is 3.69. The van der Waals surface area contributed by atoms with Gasteiger partial charge >= 0.3 is 0 Å². The maximum atomic E-state index is 12.5. The van der Waals surface area contributed by atoms with E-state index in [0.717, 1.165) is 24.1 Å². The summed E-state index contributed by atoms with van der Waals surface area (Å²) in [5.74, 6) is -1.11. The van der Waals surface area contributed by atoms with Gasteiger partial charge in [0.25, 0.3) is 0 Å². The highest BCUT2D eigenvalue weighted by Crippen LogP contribution is 2.35. The van der Waals surface area contributed by atoms with Crippen molar-refractivity contribution in [2.45, 2.75) is 25.2 Å². The first-order chi connectivity index (χ1) is 11.9. The van der Waals surface area contributed by atoms with E-state index in [1.165, 1.54) is 4.31 Å². The number of hydrogen-bond acceptors (Lipinski definition) is 4. The fraction of sp³-hybridized carbons (Fsp3) is 0.529. The maximum Gasteiger partial charge on any atom is 0.228 e. The van der Waals surface area contributed by atoms with Crippen molar-refractivity contribution < 1.29 is 18.0 Å². The number of nitrogens with zero attached hydrogens (tertiary/aromatic N) is 2. The molecular formula is C17H23N3O4S. The van der Waals surface area contributed by atoms with Gasteiger partial charge < -0.3 is 10.2 Å². The minimum absolute atomic E-state index is 0.0559. The molecule has 136 valence electrons. The molecule has 7 nitrogen and oxygen atoms in total. The highest BCUT2D eigenvalue weighted by Gasteiger charge is 2.33. The molecule has 1 atom stereocenters. The number of amides is 2. The Balaban J connectivity index is 1.64. The van der Waals surface area contributed by atoms with E-state index in [9.17, 15) is 18.0 Å². The summed E-state index contributed by atoms with van der Waals surface area (Å²) in [6.45, 7) is 1.18. The van der Waals surface area contributed by atoms with Crippen LogP contribution in [0.3, 0.4) is 0 Å². The Hall–Kier alpha value is -1.93. The van der Waals surface area contributed by atoms with Crippen LogP contribution in [0, 0.1) is 0 Å². The Bertz CT molecular complexity index is 772. The highest BCUT2D eigenvalue weighted by molar-refractivity contribution is 7.89. The van der Waals surface area contributed by atoms with E-state index in [1.807, 2.05) is 24.3 Å². The van der Waals surface area contributed by atoms with Crippen LogP contribution < -0.4 is 10.2 Å². The van der Waals surface area contributed by atoms with E-state index in [2.05, 4.69) is 5.32 Å². The summed E-state index contributed by atoms with van der Waals surface area (Å²) in [5, 5.41) is 2.69. The Kier molecular flexibility index (Phi) is 5.10. The molecule has 8 heteroatoms. The lowest BCUT2D eigenvalue weighted by atomic mass is 9.89. The number of para-hydroxylation sites is 1. The van der Waals surface area contributed by atoms with Crippen LogP contribution in [0.2, 0.25) is 0 Å². The lowest BCUT2D eigenvalue weighted by molar-refractivity contribution is -0.127. The summed E-state index contributed by atoms with van der Waals surface area (Å²) in [4.78, 5) is 26.2. The number of sulfonamides is 1. The molecule has 1 saturated heterocycles. The molecule has 1 unspecified atom stereocenters. The molecule has 2 heterocycles. The van der Waals surface area contributed by atoms with Gasteiger partial charge in [-0.1, -0.05) is 18.2 Å². The van der Waals surface area contributed by atoms with Crippen LogP contribution in [0.1, 0.15) is 30.7 Å². The van der Waals surface area contributed by atoms with Crippen molar-refractivity contribution >= 4 is 27.5 Å². The maximum absolute atomic E-state index is 12.5. The summed E-state index contributed by atoms with van der Waals surface area (Å²) >= 11 is 0. The number of hydrogen-bond donors (Lipinski definition) is 1. The standard InChI is InChI=1S/C17H23N3O4S/c1-19-15-7-3-2-6-13(15)14(12-16(19)21)17(22)18-8-11-25(23,24)20-9-4-5-10-20/h2-3,6-7,14H,4-5,8-12H2,1H3,(H,18,22). The first kappa shape index (κ1) is 17.9. The second-order valence-electron chi connectivity index (χ2n) is 6.48. The molecule has 0 spiro atoms. The molecule has 1 fully saturated rings. The summed E-state index contributed by atoms with van der Waals surface area (Å²) in [6, 6.07) is 7.31. The zero-order valence-electron chi connectivity index (χ0n) is 14.3. The molecule has 1 aromatic rings. The molecule has 0 aromatic heterocycles. The first-order valence-corrected chi connectivity index (χ1v) is 10.1. The van der Waals surface area contributed by atoms with Crippen molar-refractivity contribution in [3.05, 3.63) is 29.8 Å². The molecule has 0 bridgehead atoms. The Labute approximate surface area is 148 Å². The minimum atomic E-state index is -3.32. The number of carbonyl (C=O) groups is 2. The van der Waals surface area contributed by atoms with Crippen LogP contribution in [-0.4, -0.2) is 57.0 Å². The molecule has 3 rings (SSSR count). The van der Waals surface area contributed by atoms with E-state index in [4.69, 9.17) is 0 Å². The van der Waals surface area contributed by atoms with Gasteiger partial charge in [-0.05, 0) is 24.5 Å². The molecule has 0 saturated carbocycles. The van der Waals surface area contributed by atoms with Gasteiger partial charge in [-0.3, -0.25) is 9.59 Å². The smallest absolute Gasteiger partial charge is 0.228 e. The predicted molar refractivity (Wildman–Crippen MR) is 94.8 cm³/mol. The van der Waals surface area contributed by atoms with E-state index in [1.54, 1.807) is 11.9 Å². The van der Waals surface area contributed by atoms with Gasteiger partial charge in [0.05, 0.1) is 11.7 Å². The van der Waals surface area contributed by atoms with E-state index >= 15 is 0 Å². The highest BCUT2D eigenvalue weighted by atomic mass is 32.2. The van der Waals surface area contributed by atoms with E-state index in [-0.39, 0.29) is 30.5 Å². The van der Waals surface area contributed by atoms with Crippen molar-refractivity contribution in [2.24, 2.45) is 0 Å². The summed E-state index contributed by atoms with van der Waals surface area (Å²) in [7, 11) is -1.63. The normalized spacial score (nSPS) is 21.2. The Morgan fingerprint density at radius 3 is 2.64 bits per heavy atom. The molecule has 25 heavy (non-hydrogen) atoms. The fourth-order valence-corrected chi connectivity index (χ4v) is 4.83. The monoisotopic (exact) mass is 365 g/mol. The summed E-state index contributed by atoms with van der Waals surface area (Å²) < 4.78 is 25.9. The number of benzene rings is 1. The third-order valence-electron chi connectivity index (χ3n) is 4.86. The first-order valence-electron chi connectivity index (χ1n) is 8.51. The number of carbonyl (C=O) groups excluding carboxylic acids is 2. The Morgan fingerprint density at radius 2 is 1.92 bits per heavy atom. The van der Waals surface area contributed by atoms with Gasteiger partial charge in [-0.15, -0.1) is 0 Å². The second-order valence-corrected chi connectivity index (χ2v) is 8.57. The average molecular weight is 365 g/mol. The van der Waals surface area contributed by atoms with E-state index in [0.29, 0.717) is 13.1 Å². The van der Waals surface area contributed by atoms with Crippen LogP contribution in [0.25, 0.3) is 0 Å². The summed E-state index contributed by atoms with van der Waals surface area (Å²) in [5.41, 5.74) is 1.52. The van der Waals surface area contributed by atoms with Crippen LogP contribution in [0.15, 0.2) is 24.3 Å². The van der Waals surface area contributed by atoms with Crippen LogP contribution in [0.5, 0.6) is 0 Å². The quantitative estimate of drug-likeness (QED) is 0.831. The zero-order valence-corrected chi connectivity index (χ0v) is 15.1. The minimum Gasteiger partial charge on any atom is -0.354 e. The molecule has 1 N–H and O–H groups in total. The molecule has 0 aliphatic carbocycles. The van der Waals surface area contributed by atoms with Gasteiger partial charge in [0.2, 0.25) is 21.8 Å². The lowest BCUT2D eigenvalue weighted by Crippen LogP contribution is -2.41. The number of rotatable bonds is 5. The average Bonchev–Trinajstić information content (AvgIpc) is 3.13. The van der Waals surface area contributed by atoms with Crippen molar-refractivity contribution in [1.82, 2.24) is 9.62 Å². The van der Waals surface area contributed by atoms with Gasteiger partial charge in [-0.2, -0.15) is 0 Å². The van der Waals surface area contributed by atoms with Gasteiger partial charge in [0.1, 0.15) is 0 Å².